The van der Waals surface area contributed by atoms with Gasteiger partial charge in [0.05, 0.1) is 0 Å². The van der Waals surface area contributed by atoms with E-state index in [0.717, 1.165) is 29.5 Å². The van der Waals surface area contributed by atoms with Crippen molar-refractivity contribution in [2.24, 2.45) is 0 Å². The molecule has 0 radical (unpaired) electrons. The summed E-state index contributed by atoms with van der Waals surface area (Å²) in [5, 5.41) is 0.766. The number of aromatic nitrogens is 1. The lowest BCUT2D eigenvalue weighted by Crippen LogP contribution is -2.15. The zero-order valence-corrected chi connectivity index (χ0v) is 14.0. The molecule has 1 aromatic heterocycles. The Balaban J connectivity index is 1.53. The van der Waals surface area contributed by atoms with Crippen LogP contribution in [0.25, 0.3) is 0 Å². The van der Waals surface area contributed by atoms with Crippen molar-refractivity contribution in [1.82, 2.24) is 4.57 Å². The maximum Gasteiger partial charge on any atom is 0.161 e. The third-order valence-corrected chi connectivity index (χ3v) is 4.43. The maximum atomic E-state index is 5.96. The fraction of sp³-hybridized carbons (Fsp3) is 0.200. The van der Waals surface area contributed by atoms with Gasteiger partial charge in [0.15, 0.2) is 11.5 Å². The lowest BCUT2D eigenvalue weighted by atomic mass is 10.1. The summed E-state index contributed by atoms with van der Waals surface area (Å²) >= 11 is 5.96. The van der Waals surface area contributed by atoms with Crippen molar-refractivity contribution in [3.63, 3.8) is 0 Å². The van der Waals surface area contributed by atoms with Gasteiger partial charge in [-0.25, -0.2) is 0 Å². The summed E-state index contributed by atoms with van der Waals surface area (Å²) in [6.07, 6.45) is 2.97. The number of nitrogens with zero attached hydrogens (tertiary/aromatic N) is 1. The molecule has 1 aliphatic heterocycles. The van der Waals surface area contributed by atoms with Crippen LogP contribution in [0.2, 0.25) is 5.02 Å². The Bertz CT molecular complexity index is 839. The first-order valence-corrected chi connectivity index (χ1v) is 8.43. The number of rotatable bonds is 4. The average molecular weight is 340 g/mol. The summed E-state index contributed by atoms with van der Waals surface area (Å²) in [5.41, 5.74) is 3.72. The van der Waals surface area contributed by atoms with Crippen LogP contribution in [0.5, 0.6) is 11.5 Å². The van der Waals surface area contributed by atoms with Gasteiger partial charge in [-0.05, 0) is 47.5 Å². The molecular formula is C20H18ClNO2. The molecule has 3 aromatic rings. The molecule has 2 aromatic carbocycles. The SMILES string of the molecule is Clc1ccc(Cn2cccc2Cc2ccc3c(c2)OCCO3)cc1. The summed E-state index contributed by atoms with van der Waals surface area (Å²) in [5.74, 6) is 1.68. The zero-order chi connectivity index (χ0) is 16.4. The smallest absolute Gasteiger partial charge is 0.161 e. The summed E-state index contributed by atoms with van der Waals surface area (Å²) < 4.78 is 13.5. The van der Waals surface area contributed by atoms with Crippen LogP contribution >= 0.6 is 11.6 Å². The molecule has 0 spiro atoms. The van der Waals surface area contributed by atoms with E-state index in [1.807, 2.05) is 18.2 Å². The Hall–Kier alpha value is -2.39. The molecule has 0 bridgehead atoms. The van der Waals surface area contributed by atoms with E-state index in [9.17, 15) is 0 Å². The number of benzene rings is 2. The van der Waals surface area contributed by atoms with Gasteiger partial charge in [0, 0.05) is 29.9 Å². The van der Waals surface area contributed by atoms with E-state index >= 15 is 0 Å². The van der Waals surface area contributed by atoms with Gasteiger partial charge < -0.3 is 14.0 Å². The maximum absolute atomic E-state index is 5.96. The fourth-order valence-corrected chi connectivity index (χ4v) is 3.08. The Morgan fingerprint density at radius 3 is 2.46 bits per heavy atom. The van der Waals surface area contributed by atoms with Crippen molar-refractivity contribution in [1.29, 1.82) is 0 Å². The molecule has 0 amide bonds. The topological polar surface area (TPSA) is 23.4 Å². The monoisotopic (exact) mass is 339 g/mol. The van der Waals surface area contributed by atoms with Crippen LogP contribution in [-0.4, -0.2) is 17.8 Å². The zero-order valence-electron chi connectivity index (χ0n) is 13.2. The van der Waals surface area contributed by atoms with Crippen molar-refractivity contribution < 1.29 is 9.47 Å². The van der Waals surface area contributed by atoms with Gasteiger partial charge in [-0.1, -0.05) is 29.8 Å². The molecule has 1 aliphatic rings. The Morgan fingerprint density at radius 2 is 1.62 bits per heavy atom. The molecule has 2 heterocycles. The minimum Gasteiger partial charge on any atom is -0.486 e. The van der Waals surface area contributed by atoms with E-state index in [4.69, 9.17) is 21.1 Å². The van der Waals surface area contributed by atoms with Gasteiger partial charge in [-0.2, -0.15) is 0 Å². The second-order valence-corrected chi connectivity index (χ2v) is 6.35. The summed E-state index contributed by atoms with van der Waals surface area (Å²) in [4.78, 5) is 0. The minimum absolute atomic E-state index is 0.614. The third-order valence-electron chi connectivity index (χ3n) is 4.18. The summed E-state index contributed by atoms with van der Waals surface area (Å²) in [6, 6.07) is 18.4. The highest BCUT2D eigenvalue weighted by molar-refractivity contribution is 6.30. The van der Waals surface area contributed by atoms with Gasteiger partial charge in [0.25, 0.3) is 0 Å². The highest BCUT2D eigenvalue weighted by Gasteiger charge is 2.12. The van der Waals surface area contributed by atoms with Crippen LogP contribution in [0.15, 0.2) is 60.8 Å². The summed E-state index contributed by atoms with van der Waals surface area (Å²) in [6.45, 7) is 2.07. The molecule has 0 atom stereocenters. The molecule has 24 heavy (non-hydrogen) atoms. The molecule has 0 saturated carbocycles. The second kappa shape index (κ2) is 6.62. The fourth-order valence-electron chi connectivity index (χ4n) is 2.96. The first kappa shape index (κ1) is 15.2. The number of ether oxygens (including phenoxy) is 2. The van der Waals surface area contributed by atoms with Gasteiger partial charge in [0.2, 0.25) is 0 Å². The Morgan fingerprint density at radius 1 is 0.875 bits per heavy atom. The predicted molar refractivity (Wildman–Crippen MR) is 95.2 cm³/mol. The van der Waals surface area contributed by atoms with Crippen LogP contribution in [0.3, 0.4) is 0 Å². The quantitative estimate of drug-likeness (QED) is 0.696. The van der Waals surface area contributed by atoms with E-state index in [1.165, 1.54) is 16.8 Å². The molecule has 0 fully saturated rings. The van der Waals surface area contributed by atoms with Crippen LogP contribution in [0.1, 0.15) is 16.8 Å². The lowest BCUT2D eigenvalue weighted by Gasteiger charge is -2.19. The van der Waals surface area contributed by atoms with Gasteiger partial charge in [0.1, 0.15) is 13.2 Å². The summed E-state index contributed by atoms with van der Waals surface area (Å²) in [7, 11) is 0. The van der Waals surface area contributed by atoms with E-state index < -0.39 is 0 Å². The molecule has 4 heteroatoms. The molecule has 122 valence electrons. The molecule has 0 unspecified atom stereocenters. The van der Waals surface area contributed by atoms with Gasteiger partial charge in [-0.3, -0.25) is 0 Å². The number of hydrogen-bond acceptors (Lipinski definition) is 2. The number of fused-ring (bicyclic) bond motifs is 1. The van der Waals surface area contributed by atoms with Crippen LogP contribution in [0.4, 0.5) is 0 Å². The largest absolute Gasteiger partial charge is 0.486 e. The van der Waals surface area contributed by atoms with Crippen LogP contribution in [0, 0.1) is 0 Å². The third kappa shape index (κ3) is 3.26. The predicted octanol–water partition coefficient (Wildman–Crippen LogP) is 4.55. The first-order valence-electron chi connectivity index (χ1n) is 8.05. The first-order chi connectivity index (χ1) is 11.8. The van der Waals surface area contributed by atoms with Crippen molar-refractivity contribution in [2.75, 3.05) is 13.2 Å². The van der Waals surface area contributed by atoms with Crippen molar-refractivity contribution in [3.05, 3.63) is 82.6 Å². The normalized spacial score (nSPS) is 13.0. The van der Waals surface area contributed by atoms with E-state index in [-0.39, 0.29) is 0 Å². The van der Waals surface area contributed by atoms with Crippen LogP contribution in [-0.2, 0) is 13.0 Å². The molecule has 0 aliphatic carbocycles. The Labute approximate surface area is 146 Å². The van der Waals surface area contributed by atoms with E-state index in [2.05, 4.69) is 47.2 Å². The number of hydrogen-bond donors (Lipinski definition) is 0. The number of halogens is 1. The standard InChI is InChI=1S/C20H18ClNO2/c21-17-6-3-15(4-7-17)14-22-9-1-2-18(22)12-16-5-8-19-20(13-16)24-11-10-23-19/h1-9,13H,10-12,14H2. The average Bonchev–Trinajstić information content (AvgIpc) is 3.04. The van der Waals surface area contributed by atoms with E-state index in [0.29, 0.717) is 13.2 Å². The highest BCUT2D eigenvalue weighted by atomic mass is 35.5. The minimum atomic E-state index is 0.614. The van der Waals surface area contributed by atoms with Crippen molar-refractivity contribution in [2.45, 2.75) is 13.0 Å². The van der Waals surface area contributed by atoms with Crippen LogP contribution < -0.4 is 9.47 Å². The van der Waals surface area contributed by atoms with E-state index in [1.54, 1.807) is 0 Å². The molecule has 0 saturated heterocycles. The van der Waals surface area contributed by atoms with Gasteiger partial charge >= 0.3 is 0 Å². The second-order valence-electron chi connectivity index (χ2n) is 5.91. The molecule has 4 rings (SSSR count). The lowest BCUT2D eigenvalue weighted by molar-refractivity contribution is 0.171. The molecule has 0 N–H and O–H groups in total. The highest BCUT2D eigenvalue weighted by Crippen LogP contribution is 2.31. The Kier molecular flexibility index (Phi) is 4.18. The van der Waals surface area contributed by atoms with Crippen molar-refractivity contribution in [3.8, 4) is 11.5 Å². The molecular weight excluding hydrogens is 322 g/mol. The van der Waals surface area contributed by atoms with Gasteiger partial charge in [-0.15, -0.1) is 0 Å². The van der Waals surface area contributed by atoms with Crippen molar-refractivity contribution >= 4 is 11.6 Å². The molecule has 3 nitrogen and oxygen atoms in total.